The predicted molar refractivity (Wildman–Crippen MR) is 147 cm³/mol. The third-order valence-corrected chi connectivity index (χ3v) is 7.88. The molecule has 2 aromatic rings. The molecule has 0 unspecified atom stereocenters. The zero-order valence-electron chi connectivity index (χ0n) is 20.9. The number of nitrogens with zero attached hydrogens (tertiary/aromatic N) is 2. The summed E-state index contributed by atoms with van der Waals surface area (Å²) < 4.78 is 26.5. The number of hydrogen-bond donors (Lipinski definition) is 1. The van der Waals surface area contributed by atoms with Gasteiger partial charge in [0, 0.05) is 28.2 Å². The summed E-state index contributed by atoms with van der Waals surface area (Å²) in [5.41, 5.74) is 1.40. The number of carbonyl (C=O) groups excluding carboxylic acids is 2. The average molecular weight is 577 g/mol. The van der Waals surface area contributed by atoms with Crippen LogP contribution in [0.4, 0.5) is 5.69 Å². The molecule has 2 amide bonds. The van der Waals surface area contributed by atoms with Gasteiger partial charge in [-0.1, -0.05) is 67.2 Å². The molecule has 0 aliphatic heterocycles. The number of unbranched alkanes of at least 4 members (excludes halogenated alkanes) is 1. The highest BCUT2D eigenvalue weighted by Crippen LogP contribution is 2.29. The van der Waals surface area contributed by atoms with Gasteiger partial charge in [0.05, 0.1) is 11.9 Å². The fraction of sp³-hybridized carbons (Fsp3) is 0.440. The lowest BCUT2D eigenvalue weighted by molar-refractivity contribution is -0.140. The first-order chi connectivity index (χ1) is 16.9. The summed E-state index contributed by atoms with van der Waals surface area (Å²) in [7, 11) is -3.86. The molecule has 2 aromatic carbocycles. The maximum atomic E-state index is 13.7. The van der Waals surface area contributed by atoms with E-state index in [9.17, 15) is 18.0 Å². The second-order valence-electron chi connectivity index (χ2n) is 8.48. The number of sulfonamides is 1. The zero-order chi connectivity index (χ0) is 27.0. The van der Waals surface area contributed by atoms with Crippen LogP contribution in [-0.4, -0.2) is 50.5 Å². The summed E-state index contributed by atoms with van der Waals surface area (Å²) in [4.78, 5) is 28.2. The number of hydrogen-bond acceptors (Lipinski definition) is 4. The van der Waals surface area contributed by atoms with E-state index in [0.29, 0.717) is 44.8 Å². The van der Waals surface area contributed by atoms with Crippen LogP contribution in [0.25, 0.3) is 0 Å². The Kier molecular flexibility index (Phi) is 11.3. The lowest BCUT2D eigenvalue weighted by Gasteiger charge is -2.33. The quantitative estimate of drug-likeness (QED) is 0.341. The van der Waals surface area contributed by atoms with Crippen LogP contribution in [-0.2, 0) is 26.2 Å². The van der Waals surface area contributed by atoms with Crippen molar-refractivity contribution in [3.63, 3.8) is 0 Å². The highest BCUT2D eigenvalue weighted by molar-refractivity contribution is 7.92. The van der Waals surface area contributed by atoms with Gasteiger partial charge >= 0.3 is 0 Å². The smallest absolute Gasteiger partial charge is 0.244 e. The maximum Gasteiger partial charge on any atom is 0.244 e. The number of halogens is 3. The third kappa shape index (κ3) is 8.00. The van der Waals surface area contributed by atoms with Gasteiger partial charge in [-0.25, -0.2) is 8.42 Å². The molecule has 2 rings (SSSR count). The van der Waals surface area contributed by atoms with E-state index in [2.05, 4.69) is 5.32 Å². The first kappa shape index (κ1) is 30.2. The number of nitrogens with one attached hydrogen (secondary N) is 1. The van der Waals surface area contributed by atoms with Crippen LogP contribution in [0.2, 0.25) is 15.1 Å². The van der Waals surface area contributed by atoms with Gasteiger partial charge in [0.25, 0.3) is 0 Å². The van der Waals surface area contributed by atoms with Crippen molar-refractivity contribution in [3.8, 4) is 0 Å². The Balaban J connectivity index is 2.48. The highest BCUT2D eigenvalue weighted by Gasteiger charge is 2.32. The van der Waals surface area contributed by atoms with E-state index < -0.39 is 28.5 Å². The number of benzene rings is 2. The topological polar surface area (TPSA) is 86.8 Å². The van der Waals surface area contributed by atoms with Gasteiger partial charge < -0.3 is 10.2 Å². The van der Waals surface area contributed by atoms with Crippen molar-refractivity contribution < 1.29 is 18.0 Å². The Bertz CT molecular complexity index is 1190. The van der Waals surface area contributed by atoms with Crippen molar-refractivity contribution in [2.24, 2.45) is 0 Å². The fourth-order valence-corrected chi connectivity index (χ4v) is 5.26. The minimum Gasteiger partial charge on any atom is -0.354 e. The van der Waals surface area contributed by atoms with Gasteiger partial charge in [0.2, 0.25) is 21.8 Å². The van der Waals surface area contributed by atoms with Crippen molar-refractivity contribution in [1.29, 1.82) is 0 Å². The van der Waals surface area contributed by atoms with Crippen molar-refractivity contribution in [1.82, 2.24) is 10.2 Å². The predicted octanol–water partition coefficient (Wildman–Crippen LogP) is 5.44. The van der Waals surface area contributed by atoms with Crippen LogP contribution in [0.1, 0.15) is 44.2 Å². The van der Waals surface area contributed by atoms with E-state index in [4.69, 9.17) is 34.8 Å². The molecule has 198 valence electrons. The molecule has 0 aliphatic rings. The van der Waals surface area contributed by atoms with E-state index in [1.807, 2.05) is 6.92 Å². The Morgan fingerprint density at radius 2 is 1.75 bits per heavy atom. The van der Waals surface area contributed by atoms with Gasteiger partial charge in [0.1, 0.15) is 12.6 Å². The van der Waals surface area contributed by atoms with Crippen molar-refractivity contribution in [2.45, 2.75) is 52.6 Å². The summed E-state index contributed by atoms with van der Waals surface area (Å²) in [6.07, 6.45) is 3.05. The molecule has 0 bridgehead atoms. The molecule has 36 heavy (non-hydrogen) atoms. The molecule has 0 spiro atoms. The van der Waals surface area contributed by atoms with E-state index in [1.54, 1.807) is 50.2 Å². The minimum atomic E-state index is -3.86. The number of anilines is 1. The lowest BCUT2D eigenvalue weighted by Crippen LogP contribution is -2.52. The molecular weight excluding hydrogens is 545 g/mol. The average Bonchev–Trinajstić information content (AvgIpc) is 2.80. The highest BCUT2D eigenvalue weighted by atomic mass is 35.5. The Hall–Kier alpha value is -2.00. The molecule has 0 heterocycles. The zero-order valence-corrected chi connectivity index (χ0v) is 23.9. The van der Waals surface area contributed by atoms with Crippen LogP contribution < -0.4 is 9.62 Å². The summed E-state index contributed by atoms with van der Waals surface area (Å²) in [6, 6.07) is 8.91. The summed E-state index contributed by atoms with van der Waals surface area (Å²) >= 11 is 18.6. The van der Waals surface area contributed by atoms with Crippen LogP contribution >= 0.6 is 34.8 Å². The number of amides is 2. The molecule has 0 saturated heterocycles. The molecule has 7 nitrogen and oxygen atoms in total. The van der Waals surface area contributed by atoms with E-state index in [-0.39, 0.29) is 12.5 Å². The minimum absolute atomic E-state index is 0.000665. The standard InChI is InChI=1S/C25H32Cl3N3O4S/c1-5-7-13-29-25(33)22(6-2)30(15-18-11-12-19(26)14-21(18)28)24(32)16-31(36(4,34)35)23-10-8-9-20(27)17(23)3/h8-12,14,22H,5-7,13,15-16H2,1-4H3,(H,29,33)/t22-/m1/s1. The third-order valence-electron chi connectivity index (χ3n) is 5.76. The Morgan fingerprint density at radius 3 is 2.33 bits per heavy atom. The lowest BCUT2D eigenvalue weighted by atomic mass is 10.1. The van der Waals surface area contributed by atoms with Crippen LogP contribution in [0.5, 0.6) is 0 Å². The Morgan fingerprint density at radius 1 is 1.06 bits per heavy atom. The van der Waals surface area contributed by atoms with Crippen LogP contribution in [0.3, 0.4) is 0 Å². The van der Waals surface area contributed by atoms with Gasteiger partial charge in [-0.3, -0.25) is 13.9 Å². The monoisotopic (exact) mass is 575 g/mol. The molecule has 11 heteroatoms. The molecule has 0 saturated carbocycles. The van der Waals surface area contributed by atoms with Gasteiger partial charge in [0.15, 0.2) is 0 Å². The molecule has 0 radical (unpaired) electrons. The van der Waals surface area contributed by atoms with Crippen LogP contribution in [0, 0.1) is 6.92 Å². The molecule has 0 aromatic heterocycles. The van der Waals surface area contributed by atoms with Crippen molar-refractivity contribution in [2.75, 3.05) is 23.7 Å². The normalized spacial score (nSPS) is 12.2. The summed E-state index contributed by atoms with van der Waals surface area (Å²) in [5.74, 6) is -0.863. The van der Waals surface area contributed by atoms with Crippen molar-refractivity contribution in [3.05, 3.63) is 62.6 Å². The first-order valence-electron chi connectivity index (χ1n) is 11.6. The summed E-state index contributed by atoms with van der Waals surface area (Å²) in [6.45, 7) is 5.46. The second-order valence-corrected chi connectivity index (χ2v) is 11.6. The maximum absolute atomic E-state index is 13.7. The molecule has 1 atom stereocenters. The van der Waals surface area contributed by atoms with Gasteiger partial charge in [-0.05, 0) is 55.2 Å². The molecular formula is C25H32Cl3N3O4S. The second kappa shape index (κ2) is 13.5. The van der Waals surface area contributed by atoms with E-state index >= 15 is 0 Å². The molecule has 0 fully saturated rings. The van der Waals surface area contributed by atoms with Crippen molar-refractivity contribution >= 4 is 62.3 Å². The number of carbonyl (C=O) groups is 2. The van der Waals surface area contributed by atoms with Gasteiger partial charge in [-0.15, -0.1) is 0 Å². The molecule has 1 N–H and O–H groups in total. The van der Waals surface area contributed by atoms with E-state index in [0.717, 1.165) is 23.4 Å². The van der Waals surface area contributed by atoms with E-state index in [1.165, 1.54) is 4.90 Å². The fourth-order valence-electron chi connectivity index (χ4n) is 3.72. The van der Waals surface area contributed by atoms with Gasteiger partial charge in [-0.2, -0.15) is 0 Å². The summed E-state index contributed by atoms with van der Waals surface area (Å²) in [5, 5.41) is 4.03. The van der Waals surface area contributed by atoms with Crippen LogP contribution in [0.15, 0.2) is 36.4 Å². The number of rotatable bonds is 12. The molecule has 0 aliphatic carbocycles. The SMILES string of the molecule is CCCCNC(=O)[C@@H](CC)N(Cc1ccc(Cl)cc1Cl)C(=O)CN(c1cccc(Cl)c1C)S(C)(=O)=O. The first-order valence-corrected chi connectivity index (χ1v) is 14.6. The Labute approximate surface area is 228 Å². The largest absolute Gasteiger partial charge is 0.354 e.